The number of fused-ring (bicyclic) bond motifs is 1. The van der Waals surface area contributed by atoms with Gasteiger partial charge < -0.3 is 24.8 Å². The maximum atomic E-state index is 14.2. The Bertz CT molecular complexity index is 1940. The molecule has 1 saturated heterocycles. The van der Waals surface area contributed by atoms with E-state index in [-0.39, 0.29) is 23.1 Å². The molecule has 48 heavy (non-hydrogen) atoms. The Kier molecular flexibility index (Phi) is 9.65. The van der Waals surface area contributed by atoms with Gasteiger partial charge in [-0.1, -0.05) is 36.4 Å². The lowest BCUT2D eigenvalue weighted by molar-refractivity contribution is 0.445. The van der Waals surface area contributed by atoms with Crippen LogP contribution in [-0.4, -0.2) is 50.5 Å². The number of likely N-dealkylation sites (N-methyl/N-ethyl adjacent to an activating group) is 1. The van der Waals surface area contributed by atoms with Crippen LogP contribution < -0.4 is 25.8 Å². The van der Waals surface area contributed by atoms with Crippen LogP contribution in [0.1, 0.15) is 49.7 Å². The number of hydrogen-bond acceptors (Lipinski definition) is 8. The van der Waals surface area contributed by atoms with E-state index in [1.54, 1.807) is 16.8 Å². The number of piperidine rings is 1. The first kappa shape index (κ1) is 32.2. The Balaban J connectivity index is 1.23. The highest BCUT2D eigenvalue weighted by Gasteiger charge is 2.30. The van der Waals surface area contributed by atoms with Crippen LogP contribution in [0.4, 0.5) is 17.3 Å². The van der Waals surface area contributed by atoms with E-state index in [0.29, 0.717) is 28.8 Å². The van der Waals surface area contributed by atoms with E-state index >= 15 is 0 Å². The van der Waals surface area contributed by atoms with Crippen LogP contribution in [0.15, 0.2) is 94.7 Å². The summed E-state index contributed by atoms with van der Waals surface area (Å²) in [5.41, 5.74) is 3.90. The quantitative estimate of drug-likeness (QED) is 0.155. The van der Waals surface area contributed by atoms with Crippen LogP contribution in [0.25, 0.3) is 11.0 Å². The Hall–Kier alpha value is -4.38. The molecule has 10 heteroatoms. The number of ether oxygens (including phenoxy) is 1. The van der Waals surface area contributed by atoms with Crippen molar-refractivity contribution in [1.29, 1.82) is 0 Å². The molecule has 0 radical (unpaired) electrons. The Labute approximate surface area is 284 Å². The lowest BCUT2D eigenvalue weighted by Crippen LogP contribution is -2.44. The van der Waals surface area contributed by atoms with Crippen molar-refractivity contribution < 1.29 is 9.29 Å². The van der Waals surface area contributed by atoms with E-state index in [2.05, 4.69) is 39.7 Å². The number of aryl methyl sites for hydroxylation is 1. The van der Waals surface area contributed by atoms with E-state index in [1.807, 2.05) is 67.6 Å². The number of rotatable bonds is 10. The largest absolute Gasteiger partial charge is 0.611 e. The Morgan fingerprint density at radius 3 is 2.54 bits per heavy atom. The number of benzene rings is 3. The molecule has 3 aromatic carbocycles. The molecule has 0 spiro atoms. The van der Waals surface area contributed by atoms with Gasteiger partial charge in [0.05, 0.1) is 6.54 Å². The maximum absolute atomic E-state index is 14.2. The summed E-state index contributed by atoms with van der Waals surface area (Å²) in [6.45, 7) is 4.22. The molecule has 2 N–H and O–H groups in total. The average Bonchev–Trinajstić information content (AvgIpc) is 3.67. The molecule has 2 aromatic heterocycles. The topological polar surface area (TPSA) is 107 Å². The van der Waals surface area contributed by atoms with Gasteiger partial charge in [0.25, 0.3) is 5.56 Å². The molecule has 5 aromatic rings. The van der Waals surface area contributed by atoms with E-state index in [1.165, 1.54) is 12.8 Å². The molecule has 2 unspecified atom stereocenters. The zero-order valence-corrected chi connectivity index (χ0v) is 28.3. The van der Waals surface area contributed by atoms with Crippen molar-refractivity contribution in [2.75, 3.05) is 30.4 Å². The van der Waals surface area contributed by atoms with Crippen LogP contribution in [0.5, 0.6) is 11.5 Å². The summed E-state index contributed by atoms with van der Waals surface area (Å²) in [6.07, 6.45) is 8.20. The van der Waals surface area contributed by atoms with Crippen molar-refractivity contribution in [1.82, 2.24) is 19.9 Å². The van der Waals surface area contributed by atoms with Crippen LogP contribution in [0.3, 0.4) is 0 Å². The molecule has 0 amide bonds. The summed E-state index contributed by atoms with van der Waals surface area (Å²) in [7, 11) is 2.14. The summed E-state index contributed by atoms with van der Waals surface area (Å²) in [6, 6.07) is 25.8. The first-order chi connectivity index (χ1) is 23.4. The molecule has 2 aliphatic rings. The van der Waals surface area contributed by atoms with E-state index in [0.717, 1.165) is 66.2 Å². The van der Waals surface area contributed by atoms with Crippen LogP contribution >= 0.6 is 0 Å². The molecule has 3 heterocycles. The number of nitrogens with one attached hydrogen (secondary N) is 2. The number of aromatic nitrogens is 3. The molecule has 1 saturated carbocycles. The van der Waals surface area contributed by atoms with Crippen molar-refractivity contribution in [2.24, 2.45) is 0 Å². The Morgan fingerprint density at radius 2 is 1.77 bits per heavy atom. The number of anilines is 3. The average molecular weight is 663 g/mol. The number of hydrogen-bond donors (Lipinski definition) is 2. The molecule has 248 valence electrons. The summed E-state index contributed by atoms with van der Waals surface area (Å²) in [5, 5.41) is 7.62. The second-order valence-electron chi connectivity index (χ2n) is 12.8. The van der Waals surface area contributed by atoms with Crippen LogP contribution in [0.2, 0.25) is 0 Å². The van der Waals surface area contributed by atoms with E-state index in [9.17, 15) is 9.35 Å². The molecule has 1 aliphatic heterocycles. The zero-order valence-electron chi connectivity index (χ0n) is 27.5. The van der Waals surface area contributed by atoms with Crippen molar-refractivity contribution in [3.05, 3.63) is 107 Å². The van der Waals surface area contributed by atoms with Crippen LogP contribution in [-0.2, 0) is 17.7 Å². The van der Waals surface area contributed by atoms with Crippen molar-refractivity contribution in [3.8, 4) is 11.5 Å². The highest BCUT2D eigenvalue weighted by atomic mass is 32.2. The van der Waals surface area contributed by atoms with Gasteiger partial charge in [-0.05, 0) is 111 Å². The van der Waals surface area contributed by atoms with Gasteiger partial charge in [0.15, 0.2) is 10.6 Å². The predicted molar refractivity (Wildman–Crippen MR) is 193 cm³/mol. The monoisotopic (exact) mass is 662 g/mol. The molecule has 1 aliphatic carbocycles. The maximum Gasteiger partial charge on any atom is 0.295 e. The Morgan fingerprint density at radius 1 is 1.00 bits per heavy atom. The standard InChI is InChI=1S/C38H42N6O3S/c1-26-10-3-7-15-33(26)47-34-22-28-23-40-38(41-29-17-19-30(20-18-29)43(2)31-12-9-21-39-24-31)42-36(28)44(37(34)45)25-27-11-4-8-16-35(27)48(46)32-13-5-6-14-32/h3-4,7-8,10-11,15-20,22-23,31-32,39H,5-6,9,12-14,21,24-25H2,1-2H3,(H,40,41,42). The van der Waals surface area contributed by atoms with Gasteiger partial charge in [0.1, 0.15) is 16.6 Å². The number of nitrogens with zero attached hydrogens (tertiary/aromatic N) is 4. The minimum absolute atomic E-state index is 0.138. The zero-order chi connectivity index (χ0) is 33.0. The first-order valence-corrected chi connectivity index (χ1v) is 18.1. The molecule has 7 rings (SSSR count). The molecule has 9 nitrogen and oxygen atoms in total. The highest BCUT2D eigenvalue weighted by molar-refractivity contribution is 7.92. The number of para-hydroxylation sites is 1. The van der Waals surface area contributed by atoms with Gasteiger partial charge in [0, 0.05) is 48.2 Å². The van der Waals surface area contributed by atoms with Gasteiger partial charge in [-0.15, -0.1) is 0 Å². The smallest absolute Gasteiger partial charge is 0.295 e. The fourth-order valence-electron chi connectivity index (χ4n) is 6.77. The summed E-state index contributed by atoms with van der Waals surface area (Å²) in [5.74, 6) is 1.17. The lowest BCUT2D eigenvalue weighted by atomic mass is 10.1. The first-order valence-electron chi connectivity index (χ1n) is 16.9. The fraction of sp³-hybridized carbons (Fsp3) is 0.342. The normalized spacial score (nSPS) is 17.4. The fourth-order valence-corrected chi connectivity index (χ4v) is 8.49. The third-order valence-corrected chi connectivity index (χ3v) is 11.5. The third kappa shape index (κ3) is 6.92. The third-order valence-electron chi connectivity index (χ3n) is 9.58. The molecule has 2 atom stereocenters. The number of pyridine rings is 1. The van der Waals surface area contributed by atoms with E-state index in [4.69, 9.17) is 9.72 Å². The second kappa shape index (κ2) is 14.4. The minimum Gasteiger partial charge on any atom is -0.611 e. The molecular weight excluding hydrogens is 621 g/mol. The molecule has 0 bridgehead atoms. The summed E-state index contributed by atoms with van der Waals surface area (Å²) >= 11 is -1.16. The van der Waals surface area contributed by atoms with Gasteiger partial charge in [-0.2, -0.15) is 4.98 Å². The van der Waals surface area contributed by atoms with E-state index < -0.39 is 11.2 Å². The summed E-state index contributed by atoms with van der Waals surface area (Å²) < 4.78 is 21.6. The second-order valence-corrected chi connectivity index (χ2v) is 14.5. The van der Waals surface area contributed by atoms with Gasteiger partial charge in [-0.25, -0.2) is 4.98 Å². The SMILES string of the molecule is Cc1ccccc1Oc1cc2cnc(Nc3ccc(N(C)C4CCCNC4)cc3)nc2n(Cc2ccccc2[S+]([O-])C2CCCC2)c1=O. The lowest BCUT2D eigenvalue weighted by Gasteiger charge is -2.33. The molecule has 2 fully saturated rings. The molecular formula is C38H42N6O3S. The van der Waals surface area contributed by atoms with Crippen molar-refractivity contribution >= 4 is 39.5 Å². The van der Waals surface area contributed by atoms with Gasteiger partial charge in [-0.3, -0.25) is 9.36 Å². The predicted octanol–water partition coefficient (Wildman–Crippen LogP) is 6.92. The van der Waals surface area contributed by atoms with Gasteiger partial charge >= 0.3 is 0 Å². The highest BCUT2D eigenvalue weighted by Crippen LogP contribution is 2.32. The van der Waals surface area contributed by atoms with Gasteiger partial charge in [0.2, 0.25) is 5.95 Å². The van der Waals surface area contributed by atoms with Crippen LogP contribution in [0, 0.1) is 6.92 Å². The van der Waals surface area contributed by atoms with Crippen molar-refractivity contribution in [3.63, 3.8) is 0 Å². The van der Waals surface area contributed by atoms with Crippen molar-refractivity contribution in [2.45, 2.75) is 68.2 Å². The minimum atomic E-state index is -1.16. The summed E-state index contributed by atoms with van der Waals surface area (Å²) in [4.78, 5) is 26.8.